The van der Waals surface area contributed by atoms with Crippen LogP contribution in [0.25, 0.3) is 11.1 Å². The maximum Gasteiger partial charge on any atom is 0.259 e. The van der Waals surface area contributed by atoms with Gasteiger partial charge in [0, 0.05) is 11.4 Å². The Labute approximate surface area is 206 Å². The van der Waals surface area contributed by atoms with E-state index in [2.05, 4.69) is 10.6 Å². The molecule has 178 valence electrons. The van der Waals surface area contributed by atoms with Gasteiger partial charge in [0.2, 0.25) is 13.6 Å². The monoisotopic (exact) mass is 480 g/mol. The molecule has 8 nitrogen and oxygen atoms in total. The van der Waals surface area contributed by atoms with E-state index in [0.717, 1.165) is 11.1 Å². The molecule has 36 heavy (non-hydrogen) atoms. The van der Waals surface area contributed by atoms with Crippen molar-refractivity contribution in [3.8, 4) is 34.1 Å². The normalized spacial score (nSPS) is 12.8. The molecule has 0 aliphatic carbocycles. The van der Waals surface area contributed by atoms with Crippen molar-refractivity contribution in [2.24, 2.45) is 0 Å². The molecule has 0 bridgehead atoms. The molecule has 4 aromatic carbocycles. The maximum absolute atomic E-state index is 12.7. The highest BCUT2D eigenvalue weighted by Gasteiger charge is 2.23. The van der Waals surface area contributed by atoms with Crippen LogP contribution in [0.2, 0.25) is 0 Å². The van der Waals surface area contributed by atoms with Crippen LogP contribution in [0.4, 0.5) is 11.4 Å². The van der Waals surface area contributed by atoms with Gasteiger partial charge in [-0.25, -0.2) is 0 Å². The predicted molar refractivity (Wildman–Crippen MR) is 133 cm³/mol. The summed E-state index contributed by atoms with van der Waals surface area (Å²) in [5, 5.41) is 5.78. The molecule has 4 aromatic rings. The van der Waals surface area contributed by atoms with Gasteiger partial charge >= 0.3 is 0 Å². The minimum absolute atomic E-state index is 0.106. The van der Waals surface area contributed by atoms with Gasteiger partial charge < -0.3 is 29.6 Å². The van der Waals surface area contributed by atoms with Crippen molar-refractivity contribution in [1.29, 1.82) is 0 Å². The summed E-state index contributed by atoms with van der Waals surface area (Å²) < 4.78 is 21.5. The fourth-order valence-corrected chi connectivity index (χ4v) is 4.11. The number of rotatable bonds is 5. The molecule has 0 unspecified atom stereocenters. The second-order valence-electron chi connectivity index (χ2n) is 8.14. The highest BCUT2D eigenvalue weighted by molar-refractivity contribution is 6.07. The number of hydrogen-bond acceptors (Lipinski definition) is 6. The van der Waals surface area contributed by atoms with E-state index in [1.807, 2.05) is 48.5 Å². The molecule has 6 rings (SSSR count). The number of amides is 2. The van der Waals surface area contributed by atoms with Crippen LogP contribution >= 0.6 is 0 Å². The number of benzene rings is 4. The van der Waals surface area contributed by atoms with Crippen LogP contribution in [-0.4, -0.2) is 25.4 Å². The summed E-state index contributed by atoms with van der Waals surface area (Å²) in [5.74, 6) is 1.49. The molecule has 8 heteroatoms. The summed E-state index contributed by atoms with van der Waals surface area (Å²) in [7, 11) is 0. The highest BCUT2D eigenvalue weighted by atomic mass is 16.7. The van der Waals surface area contributed by atoms with E-state index in [1.165, 1.54) is 0 Å². The van der Waals surface area contributed by atoms with Crippen molar-refractivity contribution in [2.45, 2.75) is 0 Å². The van der Waals surface area contributed by atoms with Gasteiger partial charge in [0.25, 0.3) is 11.8 Å². The van der Waals surface area contributed by atoms with E-state index in [1.54, 1.807) is 36.4 Å². The molecule has 2 aliphatic rings. The van der Waals surface area contributed by atoms with Gasteiger partial charge in [-0.2, -0.15) is 0 Å². The third-order valence-corrected chi connectivity index (χ3v) is 5.90. The van der Waals surface area contributed by atoms with Gasteiger partial charge in [-0.3, -0.25) is 9.59 Å². The van der Waals surface area contributed by atoms with Crippen molar-refractivity contribution < 1.29 is 28.5 Å². The number of carbonyl (C=O) groups is 2. The van der Waals surface area contributed by atoms with E-state index in [4.69, 9.17) is 18.9 Å². The molecule has 2 aliphatic heterocycles. The first kappa shape index (κ1) is 21.5. The standard InChI is InChI=1S/C28H20N2O6/c31-27(21-3-1-5-23-25(21)35-15-33-23)29-19-11-7-17(8-12-19)18-9-13-20(14-10-18)30-28(32)22-4-2-6-24-26(22)36-16-34-24/h1-14H,15-16H2,(H,29,31)(H,30,32). The minimum atomic E-state index is -0.272. The SMILES string of the molecule is O=C(Nc1ccc(-c2ccc(NC(=O)c3cccc4c3OCO4)cc2)cc1)c1cccc2c1OCO2. The van der Waals surface area contributed by atoms with Crippen LogP contribution < -0.4 is 29.6 Å². The van der Waals surface area contributed by atoms with E-state index < -0.39 is 0 Å². The number of carbonyl (C=O) groups excluding carboxylic acids is 2. The first-order valence-corrected chi connectivity index (χ1v) is 11.3. The van der Waals surface area contributed by atoms with Gasteiger partial charge in [-0.05, 0) is 59.7 Å². The largest absolute Gasteiger partial charge is 0.454 e. The van der Waals surface area contributed by atoms with Gasteiger partial charge in [0.05, 0.1) is 11.1 Å². The topological polar surface area (TPSA) is 95.1 Å². The number of hydrogen-bond donors (Lipinski definition) is 2. The third kappa shape index (κ3) is 4.05. The first-order chi connectivity index (χ1) is 17.7. The lowest BCUT2D eigenvalue weighted by molar-refractivity contribution is 0.101. The quantitative estimate of drug-likeness (QED) is 0.402. The zero-order chi connectivity index (χ0) is 24.5. The smallest absolute Gasteiger partial charge is 0.259 e. The van der Waals surface area contributed by atoms with E-state index >= 15 is 0 Å². The molecule has 0 fully saturated rings. The molecule has 0 saturated carbocycles. The molecular weight excluding hydrogens is 460 g/mol. The fraction of sp³-hybridized carbons (Fsp3) is 0.0714. The van der Waals surface area contributed by atoms with Gasteiger partial charge in [-0.1, -0.05) is 36.4 Å². The van der Waals surface area contributed by atoms with Crippen molar-refractivity contribution in [3.05, 3.63) is 96.1 Å². The van der Waals surface area contributed by atoms with Crippen LogP contribution in [0.1, 0.15) is 20.7 Å². The molecule has 0 saturated heterocycles. The predicted octanol–water partition coefficient (Wildman–Crippen LogP) is 5.32. The molecule has 2 heterocycles. The van der Waals surface area contributed by atoms with Crippen molar-refractivity contribution in [2.75, 3.05) is 24.2 Å². The number of anilines is 2. The second-order valence-corrected chi connectivity index (χ2v) is 8.14. The summed E-state index contributed by atoms with van der Waals surface area (Å²) in [6, 6.07) is 25.5. The average Bonchev–Trinajstić information content (AvgIpc) is 3.59. The second kappa shape index (κ2) is 8.99. The Hall–Kier alpha value is -4.98. The minimum Gasteiger partial charge on any atom is -0.454 e. The number of nitrogens with one attached hydrogen (secondary N) is 2. The molecule has 2 amide bonds. The van der Waals surface area contributed by atoms with Crippen LogP contribution in [0, 0.1) is 0 Å². The lowest BCUT2D eigenvalue weighted by Crippen LogP contribution is -2.12. The molecule has 0 radical (unpaired) electrons. The van der Waals surface area contributed by atoms with Gasteiger partial charge in [0.1, 0.15) is 0 Å². The Morgan fingerprint density at radius 1 is 0.528 bits per heavy atom. The summed E-state index contributed by atoms with van der Waals surface area (Å²) in [6.45, 7) is 0.211. The summed E-state index contributed by atoms with van der Waals surface area (Å²) in [4.78, 5) is 25.4. The number of ether oxygens (including phenoxy) is 4. The van der Waals surface area contributed by atoms with Gasteiger partial charge in [-0.15, -0.1) is 0 Å². The van der Waals surface area contributed by atoms with Crippen molar-refractivity contribution in [3.63, 3.8) is 0 Å². The lowest BCUT2D eigenvalue weighted by Gasteiger charge is -2.10. The van der Waals surface area contributed by atoms with Crippen LogP contribution in [0.3, 0.4) is 0 Å². The lowest BCUT2D eigenvalue weighted by atomic mass is 10.0. The van der Waals surface area contributed by atoms with Crippen molar-refractivity contribution in [1.82, 2.24) is 0 Å². The zero-order valence-electron chi connectivity index (χ0n) is 18.9. The third-order valence-electron chi connectivity index (χ3n) is 5.90. The van der Waals surface area contributed by atoms with E-state index in [9.17, 15) is 9.59 Å². The Bertz CT molecular complexity index is 1350. The molecule has 0 spiro atoms. The zero-order valence-corrected chi connectivity index (χ0v) is 18.9. The summed E-state index contributed by atoms with van der Waals surface area (Å²) >= 11 is 0. The van der Waals surface area contributed by atoms with Crippen LogP contribution in [0.15, 0.2) is 84.9 Å². The maximum atomic E-state index is 12.7. The van der Waals surface area contributed by atoms with Crippen molar-refractivity contribution >= 4 is 23.2 Å². The van der Waals surface area contributed by atoms with E-state index in [0.29, 0.717) is 45.5 Å². The fourth-order valence-electron chi connectivity index (χ4n) is 4.11. The van der Waals surface area contributed by atoms with E-state index in [-0.39, 0.29) is 25.4 Å². The van der Waals surface area contributed by atoms with Crippen LogP contribution in [-0.2, 0) is 0 Å². The first-order valence-electron chi connectivity index (χ1n) is 11.3. The molecule has 0 aromatic heterocycles. The Kier molecular flexibility index (Phi) is 5.38. The summed E-state index contributed by atoms with van der Waals surface area (Å²) in [6.07, 6.45) is 0. The molecule has 2 N–H and O–H groups in total. The molecule has 0 atom stereocenters. The van der Waals surface area contributed by atoms with Gasteiger partial charge in [0.15, 0.2) is 23.0 Å². The molecular formula is C28H20N2O6. The number of para-hydroxylation sites is 2. The Balaban J connectivity index is 1.12. The summed E-state index contributed by atoms with van der Waals surface area (Å²) in [5.41, 5.74) is 4.10. The Morgan fingerprint density at radius 2 is 0.944 bits per heavy atom. The number of fused-ring (bicyclic) bond motifs is 2. The average molecular weight is 480 g/mol. The Morgan fingerprint density at radius 3 is 1.36 bits per heavy atom. The van der Waals surface area contributed by atoms with Crippen LogP contribution in [0.5, 0.6) is 23.0 Å². The highest BCUT2D eigenvalue weighted by Crippen LogP contribution is 2.37.